The van der Waals surface area contributed by atoms with Gasteiger partial charge < -0.3 is 29.4 Å². The largest absolute Gasteiger partial charge is 0.508 e. The minimum Gasteiger partial charge on any atom is -0.458 e. The van der Waals surface area contributed by atoms with Crippen molar-refractivity contribution < 1.29 is 42.9 Å². The maximum Gasteiger partial charge on any atom is 0.508 e. The molecule has 10 heteroatoms. The van der Waals surface area contributed by atoms with Crippen molar-refractivity contribution in [3.8, 4) is 11.5 Å². The normalized spacial score (nSPS) is 13.9. The van der Waals surface area contributed by atoms with Crippen molar-refractivity contribution in [2.75, 3.05) is 6.61 Å². The molecule has 0 heterocycles. The Kier molecular flexibility index (Phi) is 13.6. The molecule has 0 aliphatic heterocycles. The fourth-order valence-corrected chi connectivity index (χ4v) is 2.89. The standard InChI is InChI=1S/C30H47NO9/c1-10-13-16-36-28(35)38-20(5)19(4)37-25(32)22(31)17-21-14-15-23(39-26(33)29(6,7)11-2)24(18-21)40-27(34)30(8,9)12-3/h14-15,18-20,22H,10-13,16-17,31H2,1-9H3/t19-,20-,22-/m0/s1. The molecule has 226 valence electrons. The number of ether oxygens (including phenoxy) is 5. The van der Waals surface area contributed by atoms with Crippen LogP contribution in [0.3, 0.4) is 0 Å². The second-order valence-corrected chi connectivity index (χ2v) is 11.3. The van der Waals surface area contributed by atoms with Crippen molar-refractivity contribution in [3.63, 3.8) is 0 Å². The molecule has 0 saturated carbocycles. The molecule has 0 bridgehead atoms. The number of nitrogens with two attached hydrogens (primary N) is 1. The number of benzene rings is 1. The number of esters is 3. The lowest BCUT2D eigenvalue weighted by molar-refractivity contribution is -0.155. The zero-order valence-electron chi connectivity index (χ0n) is 25.5. The predicted molar refractivity (Wildman–Crippen MR) is 150 cm³/mol. The molecular weight excluding hydrogens is 518 g/mol. The highest BCUT2D eigenvalue weighted by molar-refractivity contribution is 5.81. The number of hydrogen-bond acceptors (Lipinski definition) is 10. The second-order valence-electron chi connectivity index (χ2n) is 11.3. The Morgan fingerprint density at radius 3 is 1.88 bits per heavy atom. The Bertz CT molecular complexity index is 1020. The molecular formula is C30H47NO9. The minimum atomic E-state index is -1.06. The van der Waals surface area contributed by atoms with Crippen LogP contribution in [0.25, 0.3) is 0 Å². The Balaban J connectivity index is 3.00. The van der Waals surface area contributed by atoms with Crippen molar-refractivity contribution in [1.29, 1.82) is 0 Å². The van der Waals surface area contributed by atoms with E-state index in [9.17, 15) is 19.2 Å². The molecule has 0 aliphatic carbocycles. The molecule has 1 aromatic rings. The lowest BCUT2D eigenvalue weighted by Crippen LogP contribution is -2.39. The first-order chi connectivity index (χ1) is 18.6. The van der Waals surface area contributed by atoms with Crippen LogP contribution >= 0.6 is 0 Å². The Morgan fingerprint density at radius 2 is 1.35 bits per heavy atom. The van der Waals surface area contributed by atoms with Gasteiger partial charge in [-0.2, -0.15) is 0 Å². The average molecular weight is 566 g/mol. The van der Waals surface area contributed by atoms with E-state index in [1.54, 1.807) is 47.6 Å². The van der Waals surface area contributed by atoms with Crippen molar-refractivity contribution in [1.82, 2.24) is 0 Å². The first kappa shape index (κ1) is 34.9. The van der Waals surface area contributed by atoms with Gasteiger partial charge in [-0.3, -0.25) is 14.4 Å². The summed E-state index contributed by atoms with van der Waals surface area (Å²) in [6.07, 6.45) is 0.396. The molecule has 0 saturated heterocycles. The van der Waals surface area contributed by atoms with E-state index in [1.807, 2.05) is 20.8 Å². The number of carbonyl (C=O) groups is 4. The van der Waals surface area contributed by atoms with Gasteiger partial charge in [0.05, 0.1) is 17.4 Å². The van der Waals surface area contributed by atoms with E-state index in [2.05, 4.69) is 0 Å². The summed E-state index contributed by atoms with van der Waals surface area (Å²) in [6, 6.07) is 3.62. The third kappa shape index (κ3) is 10.8. The summed E-state index contributed by atoms with van der Waals surface area (Å²) in [6.45, 7) is 16.2. The van der Waals surface area contributed by atoms with Gasteiger partial charge in [0.1, 0.15) is 18.2 Å². The molecule has 1 aromatic carbocycles. The van der Waals surface area contributed by atoms with Crippen LogP contribution in [0.4, 0.5) is 4.79 Å². The van der Waals surface area contributed by atoms with Gasteiger partial charge in [-0.25, -0.2) is 4.79 Å². The van der Waals surface area contributed by atoms with E-state index in [0.717, 1.165) is 12.8 Å². The first-order valence-electron chi connectivity index (χ1n) is 13.9. The van der Waals surface area contributed by atoms with Crippen LogP contribution in [0.2, 0.25) is 0 Å². The molecule has 0 aromatic heterocycles. The zero-order valence-corrected chi connectivity index (χ0v) is 25.5. The molecule has 0 radical (unpaired) electrons. The molecule has 0 fully saturated rings. The van der Waals surface area contributed by atoms with Gasteiger partial charge in [0.2, 0.25) is 0 Å². The van der Waals surface area contributed by atoms with Gasteiger partial charge in [0.25, 0.3) is 0 Å². The van der Waals surface area contributed by atoms with Crippen molar-refractivity contribution in [2.24, 2.45) is 16.6 Å². The van der Waals surface area contributed by atoms with E-state index in [4.69, 9.17) is 29.4 Å². The summed E-state index contributed by atoms with van der Waals surface area (Å²) in [5.41, 5.74) is 5.17. The maximum atomic E-state index is 12.8. The SMILES string of the molecule is CCCCOC(=O)O[C@@H](C)[C@H](C)OC(=O)[C@@H](N)Cc1ccc(OC(=O)C(C)(C)CC)c(OC(=O)C(C)(C)CC)c1. The summed E-state index contributed by atoms with van der Waals surface area (Å²) in [7, 11) is 0. The number of carbonyl (C=O) groups excluding carboxylic acids is 4. The Morgan fingerprint density at radius 1 is 0.825 bits per heavy atom. The smallest absolute Gasteiger partial charge is 0.458 e. The van der Waals surface area contributed by atoms with Gasteiger partial charge in [-0.1, -0.05) is 33.3 Å². The van der Waals surface area contributed by atoms with E-state index in [1.165, 1.54) is 12.1 Å². The lowest BCUT2D eigenvalue weighted by Gasteiger charge is -2.24. The third-order valence-electron chi connectivity index (χ3n) is 7.01. The number of unbranched alkanes of at least 4 members (excludes halogenated alkanes) is 1. The van der Waals surface area contributed by atoms with Crippen LogP contribution < -0.4 is 15.2 Å². The van der Waals surface area contributed by atoms with Gasteiger partial charge in [-0.15, -0.1) is 0 Å². The van der Waals surface area contributed by atoms with Crippen LogP contribution in [0.1, 0.15) is 93.6 Å². The predicted octanol–water partition coefficient (Wildman–Crippen LogP) is 5.51. The Labute approximate surface area is 238 Å². The van der Waals surface area contributed by atoms with E-state index in [0.29, 0.717) is 18.4 Å². The fraction of sp³-hybridized carbons (Fsp3) is 0.667. The number of hydrogen-bond donors (Lipinski definition) is 1. The summed E-state index contributed by atoms with van der Waals surface area (Å²) >= 11 is 0. The molecule has 40 heavy (non-hydrogen) atoms. The molecule has 3 atom stereocenters. The van der Waals surface area contributed by atoms with Crippen LogP contribution in [0, 0.1) is 10.8 Å². The molecule has 1 rings (SSSR count). The third-order valence-corrected chi connectivity index (χ3v) is 7.01. The van der Waals surface area contributed by atoms with Gasteiger partial charge in [-0.05, 0) is 84.9 Å². The second kappa shape index (κ2) is 15.6. The Hall–Kier alpha value is -3.14. The summed E-state index contributed by atoms with van der Waals surface area (Å²) in [4.78, 5) is 50.0. The maximum absolute atomic E-state index is 12.8. The van der Waals surface area contributed by atoms with Crippen molar-refractivity contribution in [3.05, 3.63) is 23.8 Å². The van der Waals surface area contributed by atoms with Crippen molar-refractivity contribution in [2.45, 2.75) is 113 Å². The molecule has 0 unspecified atom stereocenters. The van der Waals surface area contributed by atoms with Crippen LogP contribution in [-0.2, 0) is 35.0 Å². The monoisotopic (exact) mass is 565 g/mol. The highest BCUT2D eigenvalue weighted by atomic mass is 16.7. The quantitative estimate of drug-likeness (QED) is 0.164. The molecule has 0 aliphatic rings. The van der Waals surface area contributed by atoms with Crippen LogP contribution in [0.5, 0.6) is 11.5 Å². The highest BCUT2D eigenvalue weighted by Gasteiger charge is 2.32. The summed E-state index contributed by atoms with van der Waals surface area (Å²) < 4.78 is 26.8. The zero-order chi connectivity index (χ0) is 30.7. The first-order valence-corrected chi connectivity index (χ1v) is 13.9. The molecule has 0 spiro atoms. The lowest BCUT2D eigenvalue weighted by atomic mass is 9.90. The molecule has 2 N–H and O–H groups in total. The van der Waals surface area contributed by atoms with Gasteiger partial charge in [0.15, 0.2) is 11.5 Å². The van der Waals surface area contributed by atoms with E-state index >= 15 is 0 Å². The van der Waals surface area contributed by atoms with Crippen LogP contribution in [-0.4, -0.2) is 48.9 Å². The minimum absolute atomic E-state index is 0.0518. The van der Waals surface area contributed by atoms with Crippen molar-refractivity contribution >= 4 is 24.1 Å². The van der Waals surface area contributed by atoms with Gasteiger partial charge >= 0.3 is 24.1 Å². The topological polar surface area (TPSA) is 140 Å². The van der Waals surface area contributed by atoms with Gasteiger partial charge in [0, 0.05) is 0 Å². The summed E-state index contributed by atoms with van der Waals surface area (Å²) in [5, 5.41) is 0. The summed E-state index contributed by atoms with van der Waals surface area (Å²) in [5.74, 6) is -1.50. The molecule has 10 nitrogen and oxygen atoms in total. The van der Waals surface area contributed by atoms with Crippen LogP contribution in [0.15, 0.2) is 18.2 Å². The number of rotatable bonds is 15. The molecule has 0 amide bonds. The fourth-order valence-electron chi connectivity index (χ4n) is 2.89. The highest BCUT2D eigenvalue weighted by Crippen LogP contribution is 2.34. The average Bonchev–Trinajstić information content (AvgIpc) is 2.89. The van der Waals surface area contributed by atoms with E-state index < -0.39 is 53.1 Å². The van der Waals surface area contributed by atoms with E-state index in [-0.39, 0.29) is 24.5 Å².